The standard InChI is InChI=1S/C17H24N2O6/c1-11(2)8-14(17(22)23)19-15(20)9-18-16(21)10-25-13-6-4-12(24-3)5-7-13/h4-7,11,14H,8-10H2,1-3H3,(H,18,21)(H,19,20)(H,22,23)/t14-/m0/s1. The lowest BCUT2D eigenvalue weighted by Crippen LogP contribution is -2.46. The predicted molar refractivity (Wildman–Crippen MR) is 90.5 cm³/mol. The van der Waals surface area contributed by atoms with Crippen molar-refractivity contribution in [1.29, 1.82) is 0 Å². The molecule has 25 heavy (non-hydrogen) atoms. The van der Waals surface area contributed by atoms with Crippen LogP contribution < -0.4 is 20.1 Å². The van der Waals surface area contributed by atoms with Gasteiger partial charge in [-0.3, -0.25) is 9.59 Å². The summed E-state index contributed by atoms with van der Waals surface area (Å²) in [5.74, 6) is -0.871. The van der Waals surface area contributed by atoms with E-state index in [9.17, 15) is 14.4 Å². The molecule has 0 unspecified atom stereocenters. The van der Waals surface area contributed by atoms with Crippen LogP contribution in [0, 0.1) is 5.92 Å². The minimum Gasteiger partial charge on any atom is -0.497 e. The van der Waals surface area contributed by atoms with Gasteiger partial charge in [0.15, 0.2) is 6.61 Å². The maximum atomic E-state index is 11.7. The Morgan fingerprint density at radius 3 is 2.20 bits per heavy atom. The van der Waals surface area contributed by atoms with E-state index in [1.54, 1.807) is 31.4 Å². The lowest BCUT2D eigenvalue weighted by Gasteiger charge is -2.16. The quantitative estimate of drug-likeness (QED) is 0.574. The normalized spacial score (nSPS) is 11.5. The highest BCUT2D eigenvalue weighted by molar-refractivity contribution is 5.88. The van der Waals surface area contributed by atoms with Crippen molar-refractivity contribution in [3.8, 4) is 11.5 Å². The number of aliphatic carboxylic acids is 1. The molecule has 138 valence electrons. The molecule has 1 atom stereocenters. The van der Waals surface area contributed by atoms with E-state index in [1.165, 1.54) is 0 Å². The first-order valence-corrected chi connectivity index (χ1v) is 7.87. The van der Waals surface area contributed by atoms with Crippen LogP contribution in [0.2, 0.25) is 0 Å². The van der Waals surface area contributed by atoms with Gasteiger partial charge in [-0.15, -0.1) is 0 Å². The number of carboxylic acid groups (broad SMARTS) is 1. The van der Waals surface area contributed by atoms with Crippen molar-refractivity contribution in [3.63, 3.8) is 0 Å². The van der Waals surface area contributed by atoms with Gasteiger partial charge in [0, 0.05) is 0 Å². The third-order valence-electron chi connectivity index (χ3n) is 3.22. The number of hydrogen-bond acceptors (Lipinski definition) is 5. The summed E-state index contributed by atoms with van der Waals surface area (Å²) in [6.45, 7) is 3.15. The zero-order valence-corrected chi connectivity index (χ0v) is 14.6. The Morgan fingerprint density at radius 1 is 1.08 bits per heavy atom. The highest BCUT2D eigenvalue weighted by Gasteiger charge is 2.21. The fraction of sp³-hybridized carbons (Fsp3) is 0.471. The number of ether oxygens (including phenoxy) is 2. The number of nitrogens with one attached hydrogen (secondary N) is 2. The summed E-state index contributed by atoms with van der Waals surface area (Å²) >= 11 is 0. The van der Waals surface area contributed by atoms with Crippen LogP contribution in [0.3, 0.4) is 0 Å². The molecule has 1 rings (SSSR count). The molecule has 2 amide bonds. The van der Waals surface area contributed by atoms with Gasteiger partial charge in [-0.1, -0.05) is 13.8 Å². The molecule has 0 aliphatic heterocycles. The third kappa shape index (κ3) is 8.05. The molecule has 0 spiro atoms. The molecule has 0 fully saturated rings. The summed E-state index contributed by atoms with van der Waals surface area (Å²) in [7, 11) is 1.55. The van der Waals surface area contributed by atoms with Gasteiger partial charge in [-0.2, -0.15) is 0 Å². The Hall–Kier alpha value is -2.77. The van der Waals surface area contributed by atoms with E-state index in [4.69, 9.17) is 14.6 Å². The van der Waals surface area contributed by atoms with E-state index in [1.807, 2.05) is 13.8 Å². The fourth-order valence-electron chi connectivity index (χ4n) is 1.99. The van der Waals surface area contributed by atoms with Crippen LogP contribution in [0.1, 0.15) is 20.3 Å². The molecule has 0 bridgehead atoms. The molecule has 0 aliphatic carbocycles. The van der Waals surface area contributed by atoms with Crippen LogP contribution in [-0.4, -0.2) is 49.2 Å². The molecule has 1 aromatic carbocycles. The summed E-state index contributed by atoms with van der Waals surface area (Å²) in [4.78, 5) is 34.5. The summed E-state index contributed by atoms with van der Waals surface area (Å²) in [5.41, 5.74) is 0. The summed E-state index contributed by atoms with van der Waals surface area (Å²) < 4.78 is 10.3. The monoisotopic (exact) mass is 352 g/mol. The van der Waals surface area contributed by atoms with Crippen LogP contribution in [0.4, 0.5) is 0 Å². The van der Waals surface area contributed by atoms with Crippen molar-refractivity contribution >= 4 is 17.8 Å². The number of carbonyl (C=O) groups excluding carboxylic acids is 2. The third-order valence-corrected chi connectivity index (χ3v) is 3.22. The van der Waals surface area contributed by atoms with Gasteiger partial charge in [0.05, 0.1) is 13.7 Å². The van der Waals surface area contributed by atoms with E-state index >= 15 is 0 Å². The van der Waals surface area contributed by atoms with Crippen molar-refractivity contribution in [3.05, 3.63) is 24.3 Å². The second-order valence-corrected chi connectivity index (χ2v) is 5.83. The van der Waals surface area contributed by atoms with Crippen molar-refractivity contribution < 1.29 is 29.0 Å². The molecule has 0 heterocycles. The lowest BCUT2D eigenvalue weighted by atomic mass is 10.0. The number of carboxylic acids is 1. The number of rotatable bonds is 10. The zero-order chi connectivity index (χ0) is 18.8. The minimum absolute atomic E-state index is 0.119. The highest BCUT2D eigenvalue weighted by atomic mass is 16.5. The average Bonchev–Trinajstić information content (AvgIpc) is 2.57. The van der Waals surface area contributed by atoms with Crippen LogP contribution in [0.15, 0.2) is 24.3 Å². The Kier molecular flexibility index (Phi) is 8.25. The molecule has 3 N–H and O–H groups in total. The molecule has 0 aliphatic rings. The van der Waals surface area contributed by atoms with Crippen molar-refractivity contribution in [1.82, 2.24) is 10.6 Å². The fourth-order valence-corrected chi connectivity index (χ4v) is 1.99. The molecule has 0 saturated heterocycles. The lowest BCUT2D eigenvalue weighted by molar-refractivity contribution is -0.142. The van der Waals surface area contributed by atoms with E-state index in [2.05, 4.69) is 10.6 Å². The largest absolute Gasteiger partial charge is 0.497 e. The van der Waals surface area contributed by atoms with Crippen molar-refractivity contribution in [2.45, 2.75) is 26.3 Å². The van der Waals surface area contributed by atoms with Gasteiger partial charge in [-0.25, -0.2) is 4.79 Å². The predicted octanol–water partition coefficient (Wildman–Crippen LogP) is 0.806. The smallest absolute Gasteiger partial charge is 0.326 e. The zero-order valence-electron chi connectivity index (χ0n) is 14.6. The Labute approximate surface area is 146 Å². The maximum absolute atomic E-state index is 11.7. The van der Waals surface area contributed by atoms with Gasteiger partial charge < -0.3 is 25.2 Å². The molecule has 1 aromatic rings. The molecule has 0 radical (unpaired) electrons. The average molecular weight is 352 g/mol. The van der Waals surface area contributed by atoms with E-state index in [0.717, 1.165) is 0 Å². The van der Waals surface area contributed by atoms with Gasteiger partial charge in [0.2, 0.25) is 5.91 Å². The Balaban J connectivity index is 2.34. The van der Waals surface area contributed by atoms with Gasteiger partial charge in [-0.05, 0) is 36.6 Å². The first-order chi connectivity index (χ1) is 11.8. The molecule has 8 heteroatoms. The van der Waals surface area contributed by atoms with E-state index < -0.39 is 23.8 Å². The minimum atomic E-state index is -1.10. The number of benzene rings is 1. The van der Waals surface area contributed by atoms with Gasteiger partial charge in [0.25, 0.3) is 5.91 Å². The van der Waals surface area contributed by atoms with E-state index in [0.29, 0.717) is 17.9 Å². The topological polar surface area (TPSA) is 114 Å². The summed E-state index contributed by atoms with van der Waals surface area (Å²) in [6, 6.07) is 5.73. The first-order valence-electron chi connectivity index (χ1n) is 7.87. The number of methoxy groups -OCH3 is 1. The number of hydrogen-bond donors (Lipinski definition) is 3. The van der Waals surface area contributed by atoms with Crippen LogP contribution in [-0.2, 0) is 14.4 Å². The maximum Gasteiger partial charge on any atom is 0.326 e. The highest BCUT2D eigenvalue weighted by Crippen LogP contribution is 2.16. The van der Waals surface area contributed by atoms with Crippen molar-refractivity contribution in [2.75, 3.05) is 20.3 Å². The SMILES string of the molecule is COc1ccc(OCC(=O)NCC(=O)N[C@@H](CC(C)C)C(=O)O)cc1. The van der Waals surface area contributed by atoms with Gasteiger partial charge in [0.1, 0.15) is 17.5 Å². The molecule has 0 saturated carbocycles. The second kappa shape index (κ2) is 10.2. The number of carbonyl (C=O) groups is 3. The Morgan fingerprint density at radius 2 is 1.68 bits per heavy atom. The Bertz CT molecular complexity index is 585. The van der Waals surface area contributed by atoms with Crippen LogP contribution in [0.25, 0.3) is 0 Å². The molecular weight excluding hydrogens is 328 g/mol. The number of amides is 2. The molecule has 0 aromatic heterocycles. The first kappa shape index (κ1) is 20.3. The van der Waals surface area contributed by atoms with E-state index in [-0.39, 0.29) is 19.1 Å². The molecular formula is C17H24N2O6. The summed E-state index contributed by atoms with van der Waals surface area (Å²) in [5, 5.41) is 13.8. The molecule has 8 nitrogen and oxygen atoms in total. The second-order valence-electron chi connectivity index (χ2n) is 5.83. The van der Waals surface area contributed by atoms with Crippen molar-refractivity contribution in [2.24, 2.45) is 5.92 Å². The van der Waals surface area contributed by atoms with Crippen LogP contribution in [0.5, 0.6) is 11.5 Å². The van der Waals surface area contributed by atoms with Gasteiger partial charge >= 0.3 is 5.97 Å². The van der Waals surface area contributed by atoms with Crippen LogP contribution >= 0.6 is 0 Å². The summed E-state index contributed by atoms with van der Waals surface area (Å²) in [6.07, 6.45) is 0.315.